The van der Waals surface area contributed by atoms with E-state index in [2.05, 4.69) is 50.2 Å². The topological polar surface area (TPSA) is 20.3 Å². The Bertz CT molecular complexity index is 627. The van der Waals surface area contributed by atoms with Crippen LogP contribution in [0, 0.1) is 19.8 Å². The molecule has 2 aromatic rings. The monoisotopic (exact) mass is 265 g/mol. The number of benzene rings is 2. The molecule has 0 N–H and O–H groups in total. The number of carbonyl (C=O) groups excluding carboxylic acids is 1. The summed E-state index contributed by atoms with van der Waals surface area (Å²) in [4.78, 5) is 14.1. The van der Waals surface area contributed by atoms with Crippen LogP contribution in [-0.4, -0.2) is 5.91 Å². The van der Waals surface area contributed by atoms with Crippen LogP contribution in [0.15, 0.2) is 48.5 Å². The van der Waals surface area contributed by atoms with Crippen LogP contribution in [-0.2, 0) is 4.79 Å². The van der Waals surface area contributed by atoms with Gasteiger partial charge >= 0.3 is 0 Å². The van der Waals surface area contributed by atoms with Gasteiger partial charge in [-0.05, 0) is 31.5 Å². The molecule has 1 saturated heterocycles. The predicted molar refractivity (Wildman–Crippen MR) is 81.7 cm³/mol. The molecule has 0 saturated carbocycles. The van der Waals surface area contributed by atoms with Crippen LogP contribution < -0.4 is 4.90 Å². The van der Waals surface area contributed by atoms with E-state index >= 15 is 0 Å². The first-order valence-electron chi connectivity index (χ1n) is 7.04. The lowest BCUT2D eigenvalue weighted by atomic mass is 9.83. The van der Waals surface area contributed by atoms with Gasteiger partial charge in [0.15, 0.2) is 0 Å². The smallest absolute Gasteiger partial charge is 0.232 e. The first-order valence-corrected chi connectivity index (χ1v) is 7.04. The zero-order valence-corrected chi connectivity index (χ0v) is 12.1. The Kier molecular flexibility index (Phi) is 3.09. The van der Waals surface area contributed by atoms with Gasteiger partial charge in [0.1, 0.15) is 0 Å². The van der Waals surface area contributed by atoms with E-state index in [0.29, 0.717) is 0 Å². The Morgan fingerprint density at radius 1 is 0.850 bits per heavy atom. The Labute approximate surface area is 120 Å². The SMILES string of the molecule is Cc1ccc([C@@H]2[C@@H](C)C(=O)N2c2ccc(C)cc2)cc1. The highest BCUT2D eigenvalue weighted by molar-refractivity contribution is 6.03. The summed E-state index contributed by atoms with van der Waals surface area (Å²) in [6.07, 6.45) is 0. The average molecular weight is 265 g/mol. The lowest BCUT2D eigenvalue weighted by molar-refractivity contribution is -0.129. The first-order chi connectivity index (χ1) is 9.58. The van der Waals surface area contributed by atoms with Crippen LogP contribution in [0.25, 0.3) is 0 Å². The normalized spacial score (nSPS) is 21.8. The second-order valence-corrected chi connectivity index (χ2v) is 5.69. The van der Waals surface area contributed by atoms with E-state index in [-0.39, 0.29) is 17.9 Å². The number of β-lactam (4-membered cyclic amide) rings is 1. The van der Waals surface area contributed by atoms with Gasteiger partial charge < -0.3 is 4.90 Å². The maximum absolute atomic E-state index is 12.2. The zero-order valence-electron chi connectivity index (χ0n) is 12.1. The third-order valence-electron chi connectivity index (χ3n) is 4.11. The summed E-state index contributed by atoms with van der Waals surface area (Å²) < 4.78 is 0. The fourth-order valence-corrected chi connectivity index (χ4v) is 2.83. The van der Waals surface area contributed by atoms with Crippen LogP contribution in [0.4, 0.5) is 5.69 Å². The molecule has 0 bridgehead atoms. The fraction of sp³-hybridized carbons (Fsp3) is 0.278. The molecule has 2 heteroatoms. The lowest BCUT2D eigenvalue weighted by Gasteiger charge is -2.46. The van der Waals surface area contributed by atoms with Gasteiger partial charge in [0.05, 0.1) is 12.0 Å². The summed E-state index contributed by atoms with van der Waals surface area (Å²) in [6, 6.07) is 16.8. The number of hydrogen-bond donors (Lipinski definition) is 0. The van der Waals surface area contributed by atoms with Gasteiger partial charge in [-0.2, -0.15) is 0 Å². The van der Waals surface area contributed by atoms with Crippen molar-refractivity contribution in [3.63, 3.8) is 0 Å². The number of hydrogen-bond acceptors (Lipinski definition) is 1. The van der Waals surface area contributed by atoms with Crippen molar-refractivity contribution in [3.05, 3.63) is 65.2 Å². The number of carbonyl (C=O) groups is 1. The quantitative estimate of drug-likeness (QED) is 0.751. The highest BCUT2D eigenvalue weighted by Crippen LogP contribution is 2.43. The van der Waals surface area contributed by atoms with Crippen LogP contribution in [0.2, 0.25) is 0 Å². The van der Waals surface area contributed by atoms with Crippen molar-refractivity contribution in [3.8, 4) is 0 Å². The van der Waals surface area contributed by atoms with Crippen molar-refractivity contribution in [1.29, 1.82) is 0 Å². The van der Waals surface area contributed by atoms with Crippen molar-refractivity contribution in [1.82, 2.24) is 0 Å². The Morgan fingerprint density at radius 2 is 1.35 bits per heavy atom. The summed E-state index contributed by atoms with van der Waals surface area (Å²) in [5.41, 5.74) is 4.66. The minimum atomic E-state index is 0.0546. The van der Waals surface area contributed by atoms with Crippen molar-refractivity contribution in [2.45, 2.75) is 26.8 Å². The predicted octanol–water partition coefficient (Wildman–Crippen LogP) is 4.03. The molecule has 1 heterocycles. The molecule has 0 aliphatic carbocycles. The number of aryl methyl sites for hydroxylation is 2. The van der Waals surface area contributed by atoms with Crippen molar-refractivity contribution in [2.75, 3.05) is 4.90 Å². The van der Waals surface area contributed by atoms with Crippen molar-refractivity contribution < 1.29 is 4.79 Å². The number of anilines is 1. The van der Waals surface area contributed by atoms with E-state index in [4.69, 9.17) is 0 Å². The molecule has 1 aliphatic heterocycles. The lowest BCUT2D eigenvalue weighted by Crippen LogP contribution is -2.54. The average Bonchev–Trinajstić information content (AvgIpc) is 2.46. The van der Waals surface area contributed by atoms with Gasteiger partial charge in [-0.3, -0.25) is 4.79 Å². The molecule has 1 aliphatic rings. The molecule has 0 spiro atoms. The largest absolute Gasteiger partial charge is 0.304 e. The van der Waals surface area contributed by atoms with Gasteiger partial charge in [-0.25, -0.2) is 0 Å². The van der Waals surface area contributed by atoms with Crippen LogP contribution >= 0.6 is 0 Å². The summed E-state index contributed by atoms with van der Waals surface area (Å²) in [6.45, 7) is 6.15. The maximum atomic E-state index is 12.2. The van der Waals surface area contributed by atoms with Crippen molar-refractivity contribution >= 4 is 11.6 Å². The van der Waals surface area contributed by atoms with E-state index in [1.165, 1.54) is 16.7 Å². The fourth-order valence-electron chi connectivity index (χ4n) is 2.83. The number of rotatable bonds is 2. The van der Waals surface area contributed by atoms with E-state index in [0.717, 1.165) is 5.69 Å². The van der Waals surface area contributed by atoms with E-state index < -0.39 is 0 Å². The van der Waals surface area contributed by atoms with E-state index in [1.54, 1.807) is 0 Å². The summed E-state index contributed by atoms with van der Waals surface area (Å²) in [5.74, 6) is 0.262. The molecular weight excluding hydrogens is 246 g/mol. The molecule has 2 nitrogen and oxygen atoms in total. The van der Waals surface area contributed by atoms with Crippen LogP contribution in [0.5, 0.6) is 0 Å². The Morgan fingerprint density at radius 3 is 1.90 bits per heavy atom. The summed E-state index contributed by atoms with van der Waals surface area (Å²) in [7, 11) is 0. The molecule has 0 unspecified atom stereocenters. The highest BCUT2D eigenvalue weighted by Gasteiger charge is 2.45. The van der Waals surface area contributed by atoms with E-state index in [1.807, 2.05) is 24.0 Å². The standard InChI is InChI=1S/C18H19NO/c1-12-4-8-15(9-5-12)17-14(3)18(20)19(17)16-10-6-13(2)7-11-16/h4-11,14,17H,1-3H3/t14-,17+/m1/s1. The zero-order chi connectivity index (χ0) is 14.3. The molecule has 20 heavy (non-hydrogen) atoms. The summed E-state index contributed by atoms with van der Waals surface area (Å²) in [5, 5.41) is 0. The molecule has 2 atom stereocenters. The molecular formula is C18H19NO. The number of nitrogens with zero attached hydrogens (tertiary/aromatic N) is 1. The van der Waals surface area contributed by atoms with Gasteiger partial charge in [-0.15, -0.1) is 0 Å². The molecule has 0 aromatic heterocycles. The van der Waals surface area contributed by atoms with Crippen LogP contribution in [0.1, 0.15) is 29.7 Å². The van der Waals surface area contributed by atoms with Gasteiger partial charge in [-0.1, -0.05) is 54.4 Å². The highest BCUT2D eigenvalue weighted by atomic mass is 16.2. The Hall–Kier alpha value is -2.09. The molecule has 0 radical (unpaired) electrons. The van der Waals surface area contributed by atoms with E-state index in [9.17, 15) is 4.79 Å². The third kappa shape index (κ3) is 2.01. The second-order valence-electron chi connectivity index (χ2n) is 5.69. The molecule has 102 valence electrons. The third-order valence-corrected chi connectivity index (χ3v) is 4.11. The Balaban J connectivity index is 1.95. The van der Waals surface area contributed by atoms with Gasteiger partial charge in [0, 0.05) is 5.69 Å². The molecule has 2 aromatic carbocycles. The molecule has 1 fully saturated rings. The molecule has 3 rings (SSSR count). The molecule has 1 amide bonds. The second kappa shape index (κ2) is 4.78. The van der Waals surface area contributed by atoms with Crippen LogP contribution in [0.3, 0.4) is 0 Å². The van der Waals surface area contributed by atoms with Gasteiger partial charge in [0.2, 0.25) is 5.91 Å². The van der Waals surface area contributed by atoms with Gasteiger partial charge in [0.25, 0.3) is 0 Å². The minimum Gasteiger partial charge on any atom is -0.304 e. The first kappa shape index (κ1) is 12.9. The number of amides is 1. The summed E-state index contributed by atoms with van der Waals surface area (Å²) >= 11 is 0. The minimum absolute atomic E-state index is 0.0546. The maximum Gasteiger partial charge on any atom is 0.232 e. The van der Waals surface area contributed by atoms with Crippen molar-refractivity contribution in [2.24, 2.45) is 5.92 Å².